The van der Waals surface area contributed by atoms with Crippen molar-refractivity contribution in [3.63, 3.8) is 0 Å². The van der Waals surface area contributed by atoms with Gasteiger partial charge in [0.25, 0.3) is 5.91 Å². The van der Waals surface area contributed by atoms with Crippen molar-refractivity contribution >= 4 is 18.3 Å². The Morgan fingerprint density at radius 1 is 1.39 bits per heavy atom. The van der Waals surface area contributed by atoms with Crippen molar-refractivity contribution in [1.82, 2.24) is 10.2 Å². The molecule has 0 bridgehead atoms. The number of piperazine rings is 1. The lowest BCUT2D eigenvalue weighted by Gasteiger charge is -2.34. The third kappa shape index (κ3) is 2.85. The van der Waals surface area contributed by atoms with Crippen LogP contribution in [0, 0.1) is 13.8 Å². The summed E-state index contributed by atoms with van der Waals surface area (Å²) in [5.74, 6) is 0.167. The molecule has 0 radical (unpaired) electrons. The van der Waals surface area contributed by atoms with Gasteiger partial charge >= 0.3 is 0 Å². The van der Waals surface area contributed by atoms with E-state index < -0.39 is 0 Å². The van der Waals surface area contributed by atoms with E-state index in [1.165, 1.54) is 5.56 Å². The van der Waals surface area contributed by atoms with Gasteiger partial charge in [0.2, 0.25) is 0 Å². The van der Waals surface area contributed by atoms with Gasteiger partial charge < -0.3 is 10.2 Å². The Kier molecular flexibility index (Phi) is 5.17. The number of carbonyl (C=O) groups is 1. The minimum Gasteiger partial charge on any atom is -0.333 e. The molecule has 1 aromatic carbocycles. The fraction of sp³-hybridized carbons (Fsp3) is 0.500. The molecule has 1 aromatic rings. The van der Waals surface area contributed by atoms with Gasteiger partial charge in [0, 0.05) is 31.2 Å². The first-order chi connectivity index (χ1) is 8.11. The Morgan fingerprint density at radius 2 is 2.11 bits per heavy atom. The zero-order valence-corrected chi connectivity index (χ0v) is 12.0. The summed E-state index contributed by atoms with van der Waals surface area (Å²) in [5, 5.41) is 3.30. The molecule has 0 saturated carbocycles. The number of nitrogens with zero attached hydrogens (tertiary/aromatic N) is 1. The van der Waals surface area contributed by atoms with Crippen LogP contribution in [-0.2, 0) is 0 Å². The van der Waals surface area contributed by atoms with Crippen LogP contribution in [0.1, 0.15) is 28.4 Å². The molecule has 100 valence electrons. The molecule has 1 heterocycles. The van der Waals surface area contributed by atoms with Crippen LogP contribution < -0.4 is 5.32 Å². The number of hydrogen-bond acceptors (Lipinski definition) is 2. The number of benzene rings is 1. The molecule has 1 fully saturated rings. The van der Waals surface area contributed by atoms with Gasteiger partial charge in [0.15, 0.2) is 0 Å². The number of rotatable bonds is 1. The summed E-state index contributed by atoms with van der Waals surface area (Å²) in [6, 6.07) is 6.21. The minimum atomic E-state index is 0. The van der Waals surface area contributed by atoms with Crippen molar-refractivity contribution < 1.29 is 4.79 Å². The summed E-state index contributed by atoms with van der Waals surface area (Å²) in [7, 11) is 0. The van der Waals surface area contributed by atoms with E-state index in [9.17, 15) is 4.79 Å². The fourth-order valence-corrected chi connectivity index (χ4v) is 2.28. The van der Waals surface area contributed by atoms with E-state index in [1.807, 2.05) is 36.9 Å². The van der Waals surface area contributed by atoms with Crippen LogP contribution in [0.15, 0.2) is 18.2 Å². The molecule has 1 amide bonds. The van der Waals surface area contributed by atoms with Crippen molar-refractivity contribution in [1.29, 1.82) is 0 Å². The van der Waals surface area contributed by atoms with E-state index in [1.54, 1.807) is 0 Å². The molecule has 0 unspecified atom stereocenters. The Balaban J connectivity index is 0.00000162. The second-order valence-electron chi connectivity index (χ2n) is 4.80. The molecule has 0 spiro atoms. The predicted molar refractivity (Wildman–Crippen MR) is 76.5 cm³/mol. The Bertz CT molecular complexity index is 434. The Morgan fingerprint density at radius 3 is 2.78 bits per heavy atom. The molecule has 1 aliphatic heterocycles. The topological polar surface area (TPSA) is 32.3 Å². The van der Waals surface area contributed by atoms with Crippen molar-refractivity contribution in [2.24, 2.45) is 0 Å². The third-order valence-electron chi connectivity index (χ3n) is 3.60. The average molecular weight is 269 g/mol. The zero-order valence-electron chi connectivity index (χ0n) is 11.2. The Labute approximate surface area is 115 Å². The van der Waals surface area contributed by atoms with E-state index in [0.717, 1.165) is 30.8 Å². The number of amides is 1. The number of aryl methyl sites for hydroxylation is 1. The number of carbonyl (C=O) groups excluding carboxylic acids is 1. The van der Waals surface area contributed by atoms with Gasteiger partial charge in [-0.3, -0.25) is 4.79 Å². The van der Waals surface area contributed by atoms with Crippen LogP contribution in [0.2, 0.25) is 0 Å². The predicted octanol–water partition coefficient (Wildman–Crippen LogP) is 2.16. The quantitative estimate of drug-likeness (QED) is 0.847. The number of nitrogens with one attached hydrogen (secondary N) is 1. The third-order valence-corrected chi connectivity index (χ3v) is 3.60. The van der Waals surface area contributed by atoms with Gasteiger partial charge in [-0.25, -0.2) is 0 Å². The van der Waals surface area contributed by atoms with Gasteiger partial charge in [0.05, 0.1) is 0 Å². The lowest BCUT2D eigenvalue weighted by molar-refractivity contribution is 0.0655. The molecule has 1 saturated heterocycles. The van der Waals surface area contributed by atoms with Gasteiger partial charge in [-0.05, 0) is 38.0 Å². The van der Waals surface area contributed by atoms with E-state index in [-0.39, 0.29) is 24.4 Å². The van der Waals surface area contributed by atoms with Crippen LogP contribution in [0.25, 0.3) is 0 Å². The molecule has 1 atom stereocenters. The molecule has 18 heavy (non-hydrogen) atoms. The SMILES string of the molecule is Cc1cccc(C(=O)N2CCNC[C@H]2C)c1C.Cl. The fourth-order valence-electron chi connectivity index (χ4n) is 2.28. The standard InChI is InChI=1S/C14H20N2O.ClH/c1-10-5-4-6-13(12(10)3)14(17)16-8-7-15-9-11(16)2;/h4-6,11,15H,7-9H2,1-3H3;1H/t11-;/m1./s1. The molecular weight excluding hydrogens is 248 g/mol. The van der Waals surface area contributed by atoms with Gasteiger partial charge in [-0.1, -0.05) is 12.1 Å². The number of hydrogen-bond donors (Lipinski definition) is 1. The highest BCUT2D eigenvalue weighted by atomic mass is 35.5. The lowest BCUT2D eigenvalue weighted by atomic mass is 10.0. The van der Waals surface area contributed by atoms with Crippen LogP contribution in [0.3, 0.4) is 0 Å². The van der Waals surface area contributed by atoms with Crippen molar-refractivity contribution in [3.05, 3.63) is 34.9 Å². The van der Waals surface area contributed by atoms with Gasteiger partial charge in [0.1, 0.15) is 0 Å². The summed E-state index contributed by atoms with van der Waals surface area (Å²) in [4.78, 5) is 14.5. The summed E-state index contributed by atoms with van der Waals surface area (Å²) >= 11 is 0. The molecule has 0 aliphatic carbocycles. The highest BCUT2D eigenvalue weighted by Gasteiger charge is 2.24. The molecule has 4 heteroatoms. The maximum absolute atomic E-state index is 12.5. The molecule has 1 aliphatic rings. The highest BCUT2D eigenvalue weighted by molar-refractivity contribution is 5.96. The zero-order chi connectivity index (χ0) is 12.4. The smallest absolute Gasteiger partial charge is 0.254 e. The van der Waals surface area contributed by atoms with E-state index in [4.69, 9.17) is 0 Å². The molecule has 3 nitrogen and oxygen atoms in total. The lowest BCUT2D eigenvalue weighted by Crippen LogP contribution is -2.52. The van der Waals surface area contributed by atoms with E-state index in [2.05, 4.69) is 12.2 Å². The largest absolute Gasteiger partial charge is 0.333 e. The van der Waals surface area contributed by atoms with Crippen molar-refractivity contribution in [2.75, 3.05) is 19.6 Å². The Hall–Kier alpha value is -1.06. The molecule has 2 rings (SSSR count). The van der Waals surface area contributed by atoms with E-state index >= 15 is 0 Å². The second-order valence-corrected chi connectivity index (χ2v) is 4.80. The van der Waals surface area contributed by atoms with Gasteiger partial charge in [-0.2, -0.15) is 0 Å². The maximum atomic E-state index is 12.5. The maximum Gasteiger partial charge on any atom is 0.254 e. The van der Waals surface area contributed by atoms with Gasteiger partial charge in [-0.15, -0.1) is 12.4 Å². The van der Waals surface area contributed by atoms with Crippen LogP contribution in [0.4, 0.5) is 0 Å². The summed E-state index contributed by atoms with van der Waals surface area (Å²) < 4.78 is 0. The highest BCUT2D eigenvalue weighted by Crippen LogP contribution is 2.17. The summed E-state index contributed by atoms with van der Waals surface area (Å²) in [5.41, 5.74) is 3.13. The normalized spacial score (nSPS) is 19.3. The minimum absolute atomic E-state index is 0. The van der Waals surface area contributed by atoms with Crippen LogP contribution in [0.5, 0.6) is 0 Å². The van der Waals surface area contributed by atoms with E-state index in [0.29, 0.717) is 0 Å². The average Bonchev–Trinajstić information content (AvgIpc) is 2.32. The van der Waals surface area contributed by atoms with Crippen LogP contribution in [-0.4, -0.2) is 36.5 Å². The molecule has 1 N–H and O–H groups in total. The van der Waals surface area contributed by atoms with Crippen molar-refractivity contribution in [2.45, 2.75) is 26.8 Å². The second kappa shape index (κ2) is 6.21. The first-order valence-corrected chi connectivity index (χ1v) is 6.19. The molecule has 0 aromatic heterocycles. The molecular formula is C14H21ClN2O. The van der Waals surface area contributed by atoms with Crippen molar-refractivity contribution in [3.8, 4) is 0 Å². The number of halogens is 1. The summed E-state index contributed by atoms with van der Waals surface area (Å²) in [6.45, 7) is 8.74. The first-order valence-electron chi connectivity index (χ1n) is 6.19. The first kappa shape index (κ1) is 15.0. The monoisotopic (exact) mass is 268 g/mol. The van der Waals surface area contributed by atoms with Crippen LogP contribution >= 0.6 is 12.4 Å². The summed E-state index contributed by atoms with van der Waals surface area (Å²) in [6.07, 6.45) is 0.